The van der Waals surface area contributed by atoms with E-state index in [0.29, 0.717) is 25.0 Å². The van der Waals surface area contributed by atoms with Crippen molar-refractivity contribution in [3.63, 3.8) is 0 Å². The molecule has 3 aromatic rings. The van der Waals surface area contributed by atoms with Gasteiger partial charge >= 0.3 is 0 Å². The molecule has 3 heteroatoms. The van der Waals surface area contributed by atoms with E-state index in [-0.39, 0.29) is 5.82 Å². The fourth-order valence-corrected chi connectivity index (χ4v) is 4.31. The van der Waals surface area contributed by atoms with Crippen LogP contribution in [0.1, 0.15) is 29.0 Å². The standard InChI is InChI=1S/C26H28FNO/c27-25-13-11-23(12-14-25)26-15-16-28(17-21-7-3-1-4-8-21)18-24(26)20-29-19-22-9-5-2-6-10-22/h1-14,24,26H,15-20H2. The third-order valence-electron chi connectivity index (χ3n) is 5.81. The van der Waals surface area contributed by atoms with Gasteiger partial charge in [0.25, 0.3) is 0 Å². The van der Waals surface area contributed by atoms with Crippen LogP contribution in [0.2, 0.25) is 0 Å². The summed E-state index contributed by atoms with van der Waals surface area (Å²) in [6, 6.07) is 28.0. The molecular formula is C26H28FNO. The van der Waals surface area contributed by atoms with Gasteiger partial charge in [-0.3, -0.25) is 4.90 Å². The molecule has 0 radical (unpaired) electrons. The Hall–Kier alpha value is -2.49. The maximum Gasteiger partial charge on any atom is 0.123 e. The zero-order valence-electron chi connectivity index (χ0n) is 16.7. The lowest BCUT2D eigenvalue weighted by Crippen LogP contribution is -2.41. The van der Waals surface area contributed by atoms with Crippen molar-refractivity contribution < 1.29 is 9.13 Å². The highest BCUT2D eigenvalue weighted by atomic mass is 19.1. The van der Waals surface area contributed by atoms with E-state index in [0.717, 1.165) is 26.1 Å². The average Bonchev–Trinajstić information content (AvgIpc) is 2.76. The first kappa shape index (κ1) is 19.8. The lowest BCUT2D eigenvalue weighted by Gasteiger charge is -2.39. The topological polar surface area (TPSA) is 12.5 Å². The van der Waals surface area contributed by atoms with Crippen LogP contribution in [-0.2, 0) is 17.9 Å². The van der Waals surface area contributed by atoms with E-state index in [4.69, 9.17) is 4.74 Å². The highest BCUT2D eigenvalue weighted by Crippen LogP contribution is 2.34. The molecule has 1 fully saturated rings. The summed E-state index contributed by atoms with van der Waals surface area (Å²) < 4.78 is 19.5. The summed E-state index contributed by atoms with van der Waals surface area (Å²) in [6.07, 6.45) is 1.07. The Bertz CT molecular complexity index is 866. The molecule has 0 N–H and O–H groups in total. The van der Waals surface area contributed by atoms with Crippen molar-refractivity contribution in [2.24, 2.45) is 5.92 Å². The van der Waals surface area contributed by atoms with E-state index >= 15 is 0 Å². The quantitative estimate of drug-likeness (QED) is 0.518. The maximum absolute atomic E-state index is 13.4. The largest absolute Gasteiger partial charge is 0.376 e. The van der Waals surface area contributed by atoms with Crippen LogP contribution in [0.3, 0.4) is 0 Å². The van der Waals surface area contributed by atoms with Crippen LogP contribution in [0.15, 0.2) is 84.9 Å². The molecule has 4 rings (SSSR count). The third kappa shape index (κ3) is 5.53. The van der Waals surface area contributed by atoms with Gasteiger partial charge in [0.15, 0.2) is 0 Å². The lowest BCUT2D eigenvalue weighted by atomic mass is 9.80. The van der Waals surface area contributed by atoms with Gasteiger partial charge < -0.3 is 4.74 Å². The van der Waals surface area contributed by atoms with Gasteiger partial charge in [-0.25, -0.2) is 4.39 Å². The van der Waals surface area contributed by atoms with Gasteiger partial charge in [-0.05, 0) is 47.7 Å². The Morgan fingerprint density at radius 1 is 0.828 bits per heavy atom. The summed E-state index contributed by atoms with van der Waals surface area (Å²) in [6.45, 7) is 4.35. The second-order valence-electron chi connectivity index (χ2n) is 7.93. The van der Waals surface area contributed by atoms with Crippen LogP contribution >= 0.6 is 0 Å². The van der Waals surface area contributed by atoms with Crippen LogP contribution in [0.25, 0.3) is 0 Å². The highest BCUT2D eigenvalue weighted by Gasteiger charge is 2.30. The number of ether oxygens (including phenoxy) is 1. The molecule has 1 aliphatic heterocycles. The van der Waals surface area contributed by atoms with E-state index in [1.807, 2.05) is 30.3 Å². The molecule has 1 saturated heterocycles. The van der Waals surface area contributed by atoms with E-state index in [1.54, 1.807) is 12.1 Å². The molecular weight excluding hydrogens is 361 g/mol. The maximum atomic E-state index is 13.4. The van der Waals surface area contributed by atoms with Crippen LogP contribution in [0.5, 0.6) is 0 Å². The molecule has 3 aromatic carbocycles. The summed E-state index contributed by atoms with van der Waals surface area (Å²) >= 11 is 0. The minimum Gasteiger partial charge on any atom is -0.376 e. The predicted octanol–water partition coefficient (Wildman–Crippen LogP) is 5.65. The van der Waals surface area contributed by atoms with E-state index in [1.165, 1.54) is 16.7 Å². The van der Waals surface area contributed by atoms with Gasteiger partial charge in [0.1, 0.15) is 5.82 Å². The lowest BCUT2D eigenvalue weighted by molar-refractivity contribution is 0.0385. The summed E-state index contributed by atoms with van der Waals surface area (Å²) in [5, 5.41) is 0. The Morgan fingerprint density at radius 2 is 1.48 bits per heavy atom. The third-order valence-corrected chi connectivity index (χ3v) is 5.81. The normalized spacial score (nSPS) is 19.9. The molecule has 2 atom stereocenters. The molecule has 2 nitrogen and oxygen atoms in total. The number of benzene rings is 3. The summed E-state index contributed by atoms with van der Waals surface area (Å²) in [5.74, 6) is 0.618. The van der Waals surface area contributed by atoms with E-state index < -0.39 is 0 Å². The Kier molecular flexibility index (Phi) is 6.71. The Balaban J connectivity index is 1.43. The number of hydrogen-bond donors (Lipinski definition) is 0. The van der Waals surface area contributed by atoms with Crippen molar-refractivity contribution >= 4 is 0 Å². The second-order valence-corrected chi connectivity index (χ2v) is 7.93. The van der Waals surface area contributed by atoms with Gasteiger partial charge in [-0.15, -0.1) is 0 Å². The fraction of sp³-hybridized carbons (Fsp3) is 0.308. The SMILES string of the molecule is Fc1ccc(C2CCN(Cc3ccccc3)CC2COCc2ccccc2)cc1. The van der Waals surface area contributed by atoms with Crippen molar-refractivity contribution in [2.45, 2.75) is 25.5 Å². The number of rotatable bonds is 7. The number of halogens is 1. The Labute approximate surface area is 172 Å². The summed E-state index contributed by atoms with van der Waals surface area (Å²) in [5.41, 5.74) is 3.76. The molecule has 0 aliphatic carbocycles. The first-order valence-corrected chi connectivity index (χ1v) is 10.4. The van der Waals surface area contributed by atoms with Crippen molar-refractivity contribution in [1.82, 2.24) is 4.90 Å². The molecule has 1 aliphatic rings. The Morgan fingerprint density at radius 3 is 2.17 bits per heavy atom. The van der Waals surface area contributed by atoms with Crippen LogP contribution in [0.4, 0.5) is 4.39 Å². The van der Waals surface area contributed by atoms with Crippen molar-refractivity contribution in [3.05, 3.63) is 107 Å². The number of piperidine rings is 1. The zero-order chi connectivity index (χ0) is 19.9. The average molecular weight is 390 g/mol. The molecule has 0 spiro atoms. The van der Waals surface area contributed by atoms with E-state index in [9.17, 15) is 4.39 Å². The van der Waals surface area contributed by atoms with Gasteiger partial charge in [-0.1, -0.05) is 72.8 Å². The monoisotopic (exact) mass is 389 g/mol. The number of hydrogen-bond acceptors (Lipinski definition) is 2. The van der Waals surface area contributed by atoms with Crippen molar-refractivity contribution in [2.75, 3.05) is 19.7 Å². The van der Waals surface area contributed by atoms with Crippen molar-refractivity contribution in [3.8, 4) is 0 Å². The minimum absolute atomic E-state index is 0.174. The van der Waals surface area contributed by atoms with Gasteiger partial charge in [0.05, 0.1) is 13.2 Å². The second kappa shape index (κ2) is 9.82. The van der Waals surface area contributed by atoms with Crippen molar-refractivity contribution in [1.29, 1.82) is 0 Å². The molecule has 0 bridgehead atoms. The van der Waals surface area contributed by atoms with Crippen LogP contribution in [-0.4, -0.2) is 24.6 Å². The molecule has 1 heterocycles. The number of likely N-dealkylation sites (tertiary alicyclic amines) is 1. The van der Waals surface area contributed by atoms with Gasteiger partial charge in [-0.2, -0.15) is 0 Å². The first-order valence-electron chi connectivity index (χ1n) is 10.4. The molecule has 0 saturated carbocycles. The zero-order valence-corrected chi connectivity index (χ0v) is 16.7. The van der Waals surface area contributed by atoms with Crippen LogP contribution in [0, 0.1) is 11.7 Å². The van der Waals surface area contributed by atoms with E-state index in [2.05, 4.69) is 47.4 Å². The first-order chi connectivity index (χ1) is 14.3. The summed E-state index contributed by atoms with van der Waals surface area (Å²) in [4.78, 5) is 2.52. The summed E-state index contributed by atoms with van der Waals surface area (Å²) in [7, 11) is 0. The van der Waals surface area contributed by atoms with Gasteiger partial charge in [0, 0.05) is 19.0 Å². The molecule has 29 heavy (non-hydrogen) atoms. The predicted molar refractivity (Wildman–Crippen MR) is 115 cm³/mol. The highest BCUT2D eigenvalue weighted by molar-refractivity contribution is 5.23. The smallest absolute Gasteiger partial charge is 0.123 e. The molecule has 150 valence electrons. The molecule has 2 unspecified atom stereocenters. The fourth-order valence-electron chi connectivity index (χ4n) is 4.31. The molecule has 0 amide bonds. The minimum atomic E-state index is -0.174. The molecule has 0 aromatic heterocycles. The number of nitrogens with zero attached hydrogens (tertiary/aromatic N) is 1. The van der Waals surface area contributed by atoms with Gasteiger partial charge in [0.2, 0.25) is 0 Å². The van der Waals surface area contributed by atoms with Crippen LogP contribution < -0.4 is 0 Å².